The number of hydrogen-bond acceptors (Lipinski definition) is 3. The maximum absolute atomic E-state index is 10.6. The van der Waals surface area contributed by atoms with Crippen LogP contribution in [0.15, 0.2) is 18.2 Å². The number of aromatic nitrogens is 1. The number of hydrogen-bond donors (Lipinski definition) is 1. The molecule has 72 valence electrons. The normalized spacial score (nSPS) is 9.14. The maximum Gasteiger partial charge on any atom is 0.354 e. The van der Waals surface area contributed by atoms with Crippen LogP contribution in [0.2, 0.25) is 0 Å². The second-order valence-corrected chi connectivity index (χ2v) is 2.75. The molecule has 0 saturated heterocycles. The number of anilines is 1. The van der Waals surface area contributed by atoms with Crippen LogP contribution >= 0.6 is 0 Å². The first-order chi connectivity index (χ1) is 6.65. The fraction of sp³-hybridized carbons (Fsp3) is 0.200. The second-order valence-electron chi connectivity index (χ2n) is 2.75. The van der Waals surface area contributed by atoms with E-state index in [-0.39, 0.29) is 5.69 Å². The third-order valence-corrected chi connectivity index (χ3v) is 1.67. The highest BCUT2D eigenvalue weighted by Crippen LogP contribution is 2.08. The van der Waals surface area contributed by atoms with E-state index in [1.165, 1.54) is 6.07 Å². The van der Waals surface area contributed by atoms with Crippen molar-refractivity contribution in [3.63, 3.8) is 0 Å². The first-order valence-corrected chi connectivity index (χ1v) is 4.00. The van der Waals surface area contributed by atoms with Gasteiger partial charge in [-0.05, 0) is 12.1 Å². The second kappa shape index (κ2) is 4.28. The van der Waals surface area contributed by atoms with Crippen LogP contribution in [0.4, 0.5) is 5.82 Å². The quantitative estimate of drug-likeness (QED) is 0.718. The lowest BCUT2D eigenvalue weighted by Gasteiger charge is -2.14. The summed E-state index contributed by atoms with van der Waals surface area (Å²) in [4.78, 5) is 16.2. The van der Waals surface area contributed by atoms with E-state index >= 15 is 0 Å². The van der Waals surface area contributed by atoms with Crippen molar-refractivity contribution in [2.75, 3.05) is 18.5 Å². The number of carboxylic acids is 1. The minimum Gasteiger partial charge on any atom is -0.477 e. The largest absolute Gasteiger partial charge is 0.477 e. The Morgan fingerprint density at radius 3 is 3.00 bits per heavy atom. The number of terminal acetylenes is 1. The van der Waals surface area contributed by atoms with Crippen LogP contribution in [-0.2, 0) is 0 Å². The summed E-state index contributed by atoms with van der Waals surface area (Å²) in [5, 5.41) is 8.70. The van der Waals surface area contributed by atoms with E-state index in [1.807, 2.05) is 0 Å². The lowest BCUT2D eigenvalue weighted by Crippen LogP contribution is -2.19. The Hall–Kier alpha value is -2.02. The third kappa shape index (κ3) is 2.23. The van der Waals surface area contributed by atoms with Crippen molar-refractivity contribution >= 4 is 11.8 Å². The van der Waals surface area contributed by atoms with Gasteiger partial charge in [-0.15, -0.1) is 6.42 Å². The fourth-order valence-electron chi connectivity index (χ4n) is 0.973. The molecule has 4 heteroatoms. The first-order valence-electron chi connectivity index (χ1n) is 4.00. The van der Waals surface area contributed by atoms with Gasteiger partial charge in [-0.3, -0.25) is 0 Å². The molecule has 0 unspecified atom stereocenters. The molecule has 14 heavy (non-hydrogen) atoms. The highest BCUT2D eigenvalue weighted by Gasteiger charge is 2.06. The number of pyridine rings is 1. The van der Waals surface area contributed by atoms with Crippen molar-refractivity contribution in [2.45, 2.75) is 0 Å². The number of aromatic carboxylic acids is 1. The van der Waals surface area contributed by atoms with E-state index < -0.39 is 5.97 Å². The molecule has 0 radical (unpaired) electrons. The van der Waals surface area contributed by atoms with Gasteiger partial charge in [-0.2, -0.15) is 0 Å². The van der Waals surface area contributed by atoms with Gasteiger partial charge in [-0.1, -0.05) is 12.0 Å². The Bertz CT molecular complexity index is 382. The predicted octanol–water partition coefficient (Wildman–Crippen LogP) is 0.849. The van der Waals surface area contributed by atoms with E-state index in [9.17, 15) is 4.79 Å². The molecule has 0 aliphatic rings. The average Bonchev–Trinajstić information content (AvgIpc) is 2.18. The SMILES string of the molecule is C#CCN(C)c1cccc(C(=O)O)n1. The van der Waals surface area contributed by atoms with Gasteiger partial charge in [0.15, 0.2) is 5.69 Å². The van der Waals surface area contributed by atoms with E-state index in [1.54, 1.807) is 24.1 Å². The van der Waals surface area contributed by atoms with Gasteiger partial charge in [0.2, 0.25) is 0 Å². The monoisotopic (exact) mass is 190 g/mol. The molecule has 0 saturated carbocycles. The standard InChI is InChI=1S/C10H10N2O2/c1-3-7-12(2)9-6-4-5-8(11-9)10(13)14/h1,4-6H,7H2,2H3,(H,13,14). The van der Waals surface area contributed by atoms with Crippen molar-refractivity contribution in [3.05, 3.63) is 23.9 Å². The summed E-state index contributed by atoms with van der Waals surface area (Å²) in [6, 6.07) is 4.79. The first kappa shape index (κ1) is 10.1. The molecule has 1 heterocycles. The molecular formula is C10H10N2O2. The highest BCUT2D eigenvalue weighted by molar-refractivity contribution is 5.85. The smallest absolute Gasteiger partial charge is 0.354 e. The van der Waals surface area contributed by atoms with E-state index in [2.05, 4.69) is 10.9 Å². The fourth-order valence-corrected chi connectivity index (χ4v) is 0.973. The zero-order chi connectivity index (χ0) is 10.6. The summed E-state index contributed by atoms with van der Waals surface area (Å²) in [6.07, 6.45) is 5.13. The molecular weight excluding hydrogens is 180 g/mol. The third-order valence-electron chi connectivity index (χ3n) is 1.67. The zero-order valence-electron chi connectivity index (χ0n) is 7.77. The summed E-state index contributed by atoms with van der Waals surface area (Å²) in [7, 11) is 1.76. The molecule has 0 aromatic carbocycles. The predicted molar refractivity (Wildman–Crippen MR) is 53.3 cm³/mol. The van der Waals surface area contributed by atoms with Crippen LogP contribution in [0, 0.1) is 12.3 Å². The summed E-state index contributed by atoms with van der Waals surface area (Å²) >= 11 is 0. The lowest BCUT2D eigenvalue weighted by molar-refractivity contribution is 0.0690. The minimum atomic E-state index is -1.04. The van der Waals surface area contributed by atoms with E-state index in [0.717, 1.165) is 0 Å². The van der Waals surface area contributed by atoms with Gasteiger partial charge >= 0.3 is 5.97 Å². The lowest BCUT2D eigenvalue weighted by atomic mass is 10.3. The zero-order valence-corrected chi connectivity index (χ0v) is 7.77. The van der Waals surface area contributed by atoms with Gasteiger partial charge in [0.05, 0.1) is 6.54 Å². The average molecular weight is 190 g/mol. The van der Waals surface area contributed by atoms with E-state index in [4.69, 9.17) is 11.5 Å². The van der Waals surface area contributed by atoms with Gasteiger partial charge in [0, 0.05) is 7.05 Å². The van der Waals surface area contributed by atoms with Crippen LogP contribution in [0.3, 0.4) is 0 Å². The van der Waals surface area contributed by atoms with Gasteiger partial charge in [-0.25, -0.2) is 9.78 Å². The Balaban J connectivity index is 2.94. The molecule has 0 atom stereocenters. The molecule has 0 fully saturated rings. The molecule has 0 aliphatic heterocycles. The van der Waals surface area contributed by atoms with Crippen molar-refractivity contribution in [3.8, 4) is 12.3 Å². The van der Waals surface area contributed by atoms with Crippen molar-refractivity contribution in [1.29, 1.82) is 0 Å². The van der Waals surface area contributed by atoms with Crippen LogP contribution in [0.5, 0.6) is 0 Å². The van der Waals surface area contributed by atoms with Crippen LogP contribution in [0.25, 0.3) is 0 Å². The number of nitrogens with zero attached hydrogens (tertiary/aromatic N) is 2. The summed E-state index contributed by atoms with van der Waals surface area (Å²) in [5.41, 5.74) is 0.0198. The van der Waals surface area contributed by atoms with Gasteiger partial charge < -0.3 is 10.0 Å². The van der Waals surface area contributed by atoms with Gasteiger partial charge in [0.1, 0.15) is 5.82 Å². The molecule has 1 aromatic heterocycles. The van der Waals surface area contributed by atoms with Crippen molar-refractivity contribution in [1.82, 2.24) is 4.98 Å². The molecule has 1 N–H and O–H groups in total. The van der Waals surface area contributed by atoms with Gasteiger partial charge in [0.25, 0.3) is 0 Å². The number of rotatable bonds is 3. The summed E-state index contributed by atoms with van der Waals surface area (Å²) < 4.78 is 0. The Labute approximate surface area is 82.2 Å². The topological polar surface area (TPSA) is 53.4 Å². The van der Waals surface area contributed by atoms with Crippen LogP contribution < -0.4 is 4.90 Å². The van der Waals surface area contributed by atoms with Crippen LogP contribution in [-0.4, -0.2) is 29.7 Å². The molecule has 0 amide bonds. The number of carbonyl (C=O) groups is 1. The van der Waals surface area contributed by atoms with Crippen molar-refractivity contribution < 1.29 is 9.90 Å². The minimum absolute atomic E-state index is 0.0198. The summed E-state index contributed by atoms with van der Waals surface area (Å²) in [6.45, 7) is 0.399. The highest BCUT2D eigenvalue weighted by atomic mass is 16.4. The Kier molecular flexibility index (Phi) is 3.08. The molecule has 1 rings (SSSR count). The Morgan fingerprint density at radius 1 is 1.71 bits per heavy atom. The van der Waals surface area contributed by atoms with Crippen molar-refractivity contribution in [2.24, 2.45) is 0 Å². The molecule has 0 spiro atoms. The van der Waals surface area contributed by atoms with Crippen LogP contribution in [0.1, 0.15) is 10.5 Å². The molecule has 0 bridgehead atoms. The molecule has 0 aliphatic carbocycles. The summed E-state index contributed by atoms with van der Waals surface area (Å²) in [5.74, 6) is 1.97. The number of carboxylic acid groups (broad SMARTS) is 1. The van der Waals surface area contributed by atoms with E-state index in [0.29, 0.717) is 12.4 Å². The molecule has 1 aromatic rings. The maximum atomic E-state index is 10.6. The molecule has 4 nitrogen and oxygen atoms in total. The Morgan fingerprint density at radius 2 is 2.43 bits per heavy atom.